The zero-order chi connectivity index (χ0) is 33.5. The van der Waals surface area contributed by atoms with E-state index in [-0.39, 0.29) is 0 Å². The van der Waals surface area contributed by atoms with Crippen LogP contribution < -0.4 is 0 Å². The first-order valence-corrected chi connectivity index (χ1v) is 17.5. The molecule has 0 amide bonds. The van der Waals surface area contributed by atoms with Gasteiger partial charge < -0.3 is 13.7 Å². The predicted octanol–water partition coefficient (Wildman–Crippen LogP) is 12.6. The standard InChI is InChI=1S/C48H31N3/c1-2-13-33(14-3-1)51-46-24-11-6-17-39(46)41-20-12-19-36(48(41)51)32-25-30-47-42(31-32)40-18-7-10-23-45(40)50(47)35-28-26-34(27-29-35)49-43-21-8-4-15-37(43)38-16-5-9-22-44(38)49/h1-31H. The lowest BCUT2D eigenvalue weighted by Gasteiger charge is -2.13. The normalized spacial score (nSPS) is 11.9. The van der Waals surface area contributed by atoms with Crippen molar-refractivity contribution >= 4 is 65.4 Å². The first-order chi connectivity index (χ1) is 25.3. The third kappa shape index (κ3) is 4.06. The van der Waals surface area contributed by atoms with Gasteiger partial charge in [0.05, 0.1) is 33.1 Å². The topological polar surface area (TPSA) is 14.8 Å². The van der Waals surface area contributed by atoms with Crippen LogP contribution in [-0.2, 0) is 0 Å². The van der Waals surface area contributed by atoms with Gasteiger partial charge in [0.1, 0.15) is 0 Å². The highest BCUT2D eigenvalue weighted by Gasteiger charge is 2.19. The largest absolute Gasteiger partial charge is 0.309 e. The molecule has 0 N–H and O–H groups in total. The van der Waals surface area contributed by atoms with Gasteiger partial charge in [-0.05, 0) is 78.4 Å². The summed E-state index contributed by atoms with van der Waals surface area (Å²) in [6, 6.07) is 68.4. The highest BCUT2D eigenvalue weighted by atomic mass is 15.0. The first-order valence-electron chi connectivity index (χ1n) is 17.5. The third-order valence-corrected chi connectivity index (χ3v) is 10.6. The Balaban J connectivity index is 1.10. The molecule has 0 spiro atoms. The Morgan fingerprint density at radius 1 is 0.255 bits per heavy atom. The molecule has 11 rings (SSSR count). The Hall–Kier alpha value is -6.84. The minimum atomic E-state index is 1.14. The van der Waals surface area contributed by atoms with E-state index in [9.17, 15) is 0 Å². The second-order valence-corrected chi connectivity index (χ2v) is 13.4. The highest BCUT2D eigenvalue weighted by molar-refractivity contribution is 6.16. The summed E-state index contributed by atoms with van der Waals surface area (Å²) in [7, 11) is 0. The third-order valence-electron chi connectivity index (χ3n) is 10.6. The summed E-state index contributed by atoms with van der Waals surface area (Å²) < 4.78 is 7.21. The molecule has 0 fully saturated rings. The van der Waals surface area contributed by atoms with Crippen molar-refractivity contribution in [2.24, 2.45) is 0 Å². The summed E-state index contributed by atoms with van der Waals surface area (Å²) in [4.78, 5) is 0. The number of benzene rings is 8. The van der Waals surface area contributed by atoms with Crippen LogP contribution in [0.15, 0.2) is 188 Å². The molecule has 0 saturated carbocycles. The Kier molecular flexibility index (Phi) is 5.96. The molecule has 11 aromatic rings. The second-order valence-electron chi connectivity index (χ2n) is 13.4. The Bertz CT molecular complexity index is 3070. The van der Waals surface area contributed by atoms with E-state index in [0.717, 1.165) is 17.1 Å². The number of para-hydroxylation sites is 6. The molecule has 8 aromatic carbocycles. The van der Waals surface area contributed by atoms with E-state index in [1.165, 1.54) is 76.5 Å². The lowest BCUT2D eigenvalue weighted by Crippen LogP contribution is -1.97. The molecule has 0 aliphatic carbocycles. The van der Waals surface area contributed by atoms with Gasteiger partial charge >= 0.3 is 0 Å². The molecule has 0 radical (unpaired) electrons. The fraction of sp³-hybridized carbons (Fsp3) is 0. The van der Waals surface area contributed by atoms with Crippen molar-refractivity contribution in [1.29, 1.82) is 0 Å². The van der Waals surface area contributed by atoms with Gasteiger partial charge in [0.25, 0.3) is 0 Å². The smallest absolute Gasteiger partial charge is 0.0619 e. The van der Waals surface area contributed by atoms with Crippen molar-refractivity contribution in [3.63, 3.8) is 0 Å². The quantitative estimate of drug-likeness (QED) is 0.180. The van der Waals surface area contributed by atoms with E-state index in [4.69, 9.17) is 0 Å². The van der Waals surface area contributed by atoms with Crippen molar-refractivity contribution in [3.05, 3.63) is 188 Å². The number of rotatable bonds is 4. The van der Waals surface area contributed by atoms with Crippen LogP contribution in [0.1, 0.15) is 0 Å². The maximum absolute atomic E-state index is 2.42. The minimum absolute atomic E-state index is 1.14. The van der Waals surface area contributed by atoms with Crippen LogP contribution in [0.2, 0.25) is 0 Å². The number of hydrogen-bond acceptors (Lipinski definition) is 0. The summed E-state index contributed by atoms with van der Waals surface area (Å²) in [5.41, 5.74) is 13.2. The lowest BCUT2D eigenvalue weighted by atomic mass is 10.00. The minimum Gasteiger partial charge on any atom is -0.309 e. The maximum atomic E-state index is 2.42. The zero-order valence-electron chi connectivity index (χ0n) is 27.7. The SMILES string of the molecule is c1ccc(-n2c3ccccc3c3cccc(-c4ccc5c(c4)c4ccccc4n5-c4ccc(-n5c6ccccc6c6ccccc65)cc4)c32)cc1. The molecule has 3 heteroatoms. The molecule has 0 atom stereocenters. The lowest BCUT2D eigenvalue weighted by molar-refractivity contribution is 1.14. The summed E-state index contributed by atoms with van der Waals surface area (Å²) in [5.74, 6) is 0. The van der Waals surface area contributed by atoms with Crippen LogP contribution in [0, 0.1) is 0 Å². The monoisotopic (exact) mass is 649 g/mol. The molecule has 0 bridgehead atoms. The van der Waals surface area contributed by atoms with E-state index in [2.05, 4.69) is 202 Å². The van der Waals surface area contributed by atoms with Gasteiger partial charge in [0.2, 0.25) is 0 Å². The van der Waals surface area contributed by atoms with Crippen LogP contribution >= 0.6 is 0 Å². The first kappa shape index (κ1) is 28.0. The molecule has 0 saturated heterocycles. The Morgan fingerprint density at radius 3 is 1.24 bits per heavy atom. The Labute approximate surface area is 294 Å². The fourth-order valence-electron chi connectivity index (χ4n) is 8.47. The molecule has 51 heavy (non-hydrogen) atoms. The number of fused-ring (bicyclic) bond motifs is 9. The fourth-order valence-corrected chi connectivity index (χ4v) is 8.47. The van der Waals surface area contributed by atoms with Crippen LogP contribution in [-0.4, -0.2) is 13.7 Å². The van der Waals surface area contributed by atoms with Gasteiger partial charge in [0.15, 0.2) is 0 Å². The van der Waals surface area contributed by atoms with E-state index >= 15 is 0 Å². The van der Waals surface area contributed by atoms with Gasteiger partial charge in [-0.1, -0.05) is 115 Å². The highest BCUT2D eigenvalue weighted by Crippen LogP contribution is 2.41. The van der Waals surface area contributed by atoms with Crippen molar-refractivity contribution in [2.45, 2.75) is 0 Å². The van der Waals surface area contributed by atoms with Crippen molar-refractivity contribution in [1.82, 2.24) is 13.7 Å². The summed E-state index contributed by atoms with van der Waals surface area (Å²) in [5, 5.41) is 7.56. The molecular formula is C48H31N3. The summed E-state index contributed by atoms with van der Waals surface area (Å²) >= 11 is 0. The van der Waals surface area contributed by atoms with Crippen LogP contribution in [0.4, 0.5) is 0 Å². The van der Waals surface area contributed by atoms with E-state index in [1.54, 1.807) is 0 Å². The molecule has 3 aromatic heterocycles. The van der Waals surface area contributed by atoms with Crippen LogP contribution in [0.5, 0.6) is 0 Å². The molecule has 0 aliphatic heterocycles. The van der Waals surface area contributed by atoms with Gasteiger partial charge in [-0.2, -0.15) is 0 Å². The van der Waals surface area contributed by atoms with E-state index in [0.29, 0.717) is 0 Å². The average molecular weight is 650 g/mol. The van der Waals surface area contributed by atoms with Gasteiger partial charge in [-0.15, -0.1) is 0 Å². The number of hydrogen-bond donors (Lipinski definition) is 0. The van der Waals surface area contributed by atoms with Crippen molar-refractivity contribution < 1.29 is 0 Å². The van der Waals surface area contributed by atoms with Crippen LogP contribution in [0.25, 0.3) is 93.6 Å². The predicted molar refractivity (Wildman–Crippen MR) is 215 cm³/mol. The molecule has 238 valence electrons. The zero-order valence-corrected chi connectivity index (χ0v) is 27.7. The van der Waals surface area contributed by atoms with Crippen molar-refractivity contribution in [3.8, 4) is 28.2 Å². The van der Waals surface area contributed by atoms with Gasteiger partial charge in [0, 0.05) is 54.9 Å². The summed E-state index contributed by atoms with van der Waals surface area (Å²) in [6.07, 6.45) is 0. The molecular weight excluding hydrogens is 619 g/mol. The number of aromatic nitrogens is 3. The molecule has 0 unspecified atom stereocenters. The van der Waals surface area contributed by atoms with E-state index in [1.807, 2.05) is 0 Å². The molecule has 3 heterocycles. The Morgan fingerprint density at radius 2 is 0.667 bits per heavy atom. The van der Waals surface area contributed by atoms with Crippen molar-refractivity contribution in [2.75, 3.05) is 0 Å². The molecule has 0 aliphatic rings. The average Bonchev–Trinajstić information content (AvgIpc) is 3.84. The molecule has 3 nitrogen and oxygen atoms in total. The van der Waals surface area contributed by atoms with E-state index < -0.39 is 0 Å². The maximum Gasteiger partial charge on any atom is 0.0619 e. The van der Waals surface area contributed by atoms with Crippen LogP contribution in [0.3, 0.4) is 0 Å². The van der Waals surface area contributed by atoms with Gasteiger partial charge in [-0.3, -0.25) is 0 Å². The summed E-state index contributed by atoms with van der Waals surface area (Å²) in [6.45, 7) is 0. The number of nitrogens with zero attached hydrogens (tertiary/aromatic N) is 3. The second kappa shape index (κ2) is 10.8. The van der Waals surface area contributed by atoms with Gasteiger partial charge in [-0.25, -0.2) is 0 Å².